The molecule has 1 aromatic carbocycles. The molecule has 128 valence electrons. The lowest BCUT2D eigenvalue weighted by atomic mass is 10.1. The van der Waals surface area contributed by atoms with Gasteiger partial charge in [-0.2, -0.15) is 0 Å². The minimum atomic E-state index is -1.04. The monoisotopic (exact) mass is 322 g/mol. The Hall–Kier alpha value is -2.08. The molecule has 6 nitrogen and oxygen atoms in total. The summed E-state index contributed by atoms with van der Waals surface area (Å²) in [5.41, 5.74) is 6.27. The molecule has 1 unspecified atom stereocenters. The van der Waals surface area contributed by atoms with E-state index in [1.54, 1.807) is 0 Å². The lowest BCUT2D eigenvalue weighted by Gasteiger charge is -2.13. The number of hydrogen-bond acceptors (Lipinski definition) is 4. The number of carboxylic acids is 1. The molecule has 0 saturated carbocycles. The van der Waals surface area contributed by atoms with Crippen LogP contribution < -0.4 is 15.8 Å². The molecule has 0 bridgehead atoms. The van der Waals surface area contributed by atoms with E-state index in [1.165, 1.54) is 6.92 Å². The van der Waals surface area contributed by atoms with Crippen molar-refractivity contribution >= 4 is 11.9 Å². The minimum Gasteiger partial charge on any atom is -0.494 e. The summed E-state index contributed by atoms with van der Waals surface area (Å²) < 4.78 is 5.64. The Morgan fingerprint density at radius 1 is 1.17 bits per heavy atom. The number of nitrogens with one attached hydrogen (secondary N) is 1. The number of ether oxygens (including phenoxy) is 1. The smallest absolute Gasteiger partial charge is 0.326 e. The van der Waals surface area contributed by atoms with E-state index in [0.29, 0.717) is 6.61 Å². The molecule has 1 aromatic rings. The zero-order valence-electron chi connectivity index (χ0n) is 13.6. The van der Waals surface area contributed by atoms with Crippen molar-refractivity contribution in [1.29, 1.82) is 0 Å². The van der Waals surface area contributed by atoms with Gasteiger partial charge in [0.25, 0.3) is 0 Å². The van der Waals surface area contributed by atoms with Gasteiger partial charge in [-0.25, -0.2) is 4.79 Å². The van der Waals surface area contributed by atoms with Crippen LogP contribution in [0.2, 0.25) is 0 Å². The molecule has 0 saturated heterocycles. The fraction of sp³-hybridized carbons (Fsp3) is 0.529. The van der Waals surface area contributed by atoms with Crippen molar-refractivity contribution in [1.82, 2.24) is 5.32 Å². The molecule has 0 spiro atoms. The number of nitrogens with two attached hydrogens (primary N) is 1. The normalized spacial score (nSPS) is 11.7. The van der Waals surface area contributed by atoms with Crippen molar-refractivity contribution in [3.63, 3.8) is 0 Å². The summed E-state index contributed by atoms with van der Waals surface area (Å²) in [5.74, 6) is -0.635. The molecule has 0 aliphatic rings. The van der Waals surface area contributed by atoms with Gasteiger partial charge in [-0.3, -0.25) is 4.79 Å². The average Bonchev–Trinajstić information content (AvgIpc) is 2.51. The van der Waals surface area contributed by atoms with Crippen LogP contribution in [0.5, 0.6) is 5.75 Å². The molecule has 1 rings (SSSR count). The number of rotatable bonds is 11. The number of unbranched alkanes of at least 4 members (excludes halogenated alkanes) is 3. The predicted molar refractivity (Wildman–Crippen MR) is 88.4 cm³/mol. The van der Waals surface area contributed by atoms with Crippen LogP contribution in [0, 0.1) is 0 Å². The van der Waals surface area contributed by atoms with Crippen LogP contribution in [-0.4, -0.2) is 36.2 Å². The number of amides is 1. The third-order valence-electron chi connectivity index (χ3n) is 3.41. The van der Waals surface area contributed by atoms with Crippen LogP contribution in [0.1, 0.15) is 38.2 Å². The largest absolute Gasteiger partial charge is 0.494 e. The number of carbonyl (C=O) groups is 2. The molecular formula is C17H26N2O4. The Morgan fingerprint density at radius 2 is 1.83 bits per heavy atom. The van der Waals surface area contributed by atoms with Crippen LogP contribution >= 0.6 is 0 Å². The van der Waals surface area contributed by atoms with Gasteiger partial charge in [0.05, 0.1) is 6.61 Å². The van der Waals surface area contributed by atoms with Crippen molar-refractivity contribution in [2.45, 2.75) is 45.1 Å². The maximum Gasteiger partial charge on any atom is 0.326 e. The summed E-state index contributed by atoms with van der Waals surface area (Å²) in [6, 6.07) is 6.37. The Morgan fingerprint density at radius 3 is 2.39 bits per heavy atom. The summed E-state index contributed by atoms with van der Waals surface area (Å²) in [4.78, 5) is 22.1. The van der Waals surface area contributed by atoms with E-state index in [9.17, 15) is 9.59 Å². The summed E-state index contributed by atoms with van der Waals surface area (Å²) >= 11 is 0. The Bertz CT molecular complexity index is 488. The lowest BCUT2D eigenvalue weighted by Crippen LogP contribution is -2.41. The number of carbonyl (C=O) groups excluding carboxylic acids is 1. The number of aliphatic carboxylic acids is 1. The number of hydrogen-bond donors (Lipinski definition) is 3. The van der Waals surface area contributed by atoms with Crippen molar-refractivity contribution in [3.8, 4) is 5.75 Å². The molecule has 0 aromatic heterocycles. The highest BCUT2D eigenvalue weighted by atomic mass is 16.5. The Labute approximate surface area is 137 Å². The second-order valence-electron chi connectivity index (χ2n) is 5.49. The van der Waals surface area contributed by atoms with Gasteiger partial charge in [0.1, 0.15) is 11.8 Å². The van der Waals surface area contributed by atoms with Gasteiger partial charge in [0.15, 0.2) is 0 Å². The molecule has 1 amide bonds. The maximum atomic E-state index is 11.1. The van der Waals surface area contributed by atoms with Gasteiger partial charge in [0.2, 0.25) is 5.91 Å². The van der Waals surface area contributed by atoms with E-state index in [0.717, 1.165) is 43.5 Å². The molecule has 4 N–H and O–H groups in total. The van der Waals surface area contributed by atoms with Gasteiger partial charge in [-0.15, -0.1) is 0 Å². The van der Waals surface area contributed by atoms with Crippen LogP contribution in [0.25, 0.3) is 0 Å². The topological polar surface area (TPSA) is 102 Å². The molecule has 0 heterocycles. The zero-order valence-corrected chi connectivity index (χ0v) is 13.6. The molecule has 23 heavy (non-hydrogen) atoms. The van der Waals surface area contributed by atoms with Gasteiger partial charge in [0, 0.05) is 13.3 Å². The first-order valence-electron chi connectivity index (χ1n) is 7.94. The van der Waals surface area contributed by atoms with E-state index in [2.05, 4.69) is 5.32 Å². The van der Waals surface area contributed by atoms with Crippen LogP contribution in [0.4, 0.5) is 0 Å². The first kappa shape index (κ1) is 19.0. The highest BCUT2D eigenvalue weighted by Crippen LogP contribution is 2.14. The fourth-order valence-corrected chi connectivity index (χ4v) is 2.19. The van der Waals surface area contributed by atoms with Crippen molar-refractivity contribution < 1.29 is 19.4 Å². The van der Waals surface area contributed by atoms with Crippen LogP contribution in [0.3, 0.4) is 0 Å². The second-order valence-corrected chi connectivity index (χ2v) is 5.49. The third kappa shape index (κ3) is 8.21. The quantitative estimate of drug-likeness (QED) is 0.538. The first-order valence-corrected chi connectivity index (χ1v) is 7.94. The fourth-order valence-electron chi connectivity index (χ4n) is 2.19. The van der Waals surface area contributed by atoms with Gasteiger partial charge >= 0.3 is 5.97 Å². The lowest BCUT2D eigenvalue weighted by molar-refractivity contribution is -0.141. The van der Waals surface area contributed by atoms with E-state index >= 15 is 0 Å². The number of benzene rings is 1. The predicted octanol–water partition coefficient (Wildman–Crippen LogP) is 1.72. The second kappa shape index (κ2) is 10.6. The summed E-state index contributed by atoms with van der Waals surface area (Å²) in [5, 5.41) is 11.5. The molecular weight excluding hydrogens is 296 g/mol. The van der Waals surface area contributed by atoms with Crippen LogP contribution in [-0.2, 0) is 16.0 Å². The van der Waals surface area contributed by atoms with Crippen molar-refractivity contribution in [3.05, 3.63) is 29.8 Å². The SMILES string of the molecule is CC(=O)NC(Cc1ccc(OCCCCCCN)cc1)C(=O)O. The molecule has 0 fully saturated rings. The number of carboxylic acid groups (broad SMARTS) is 1. The molecule has 6 heteroatoms. The van der Waals surface area contributed by atoms with E-state index in [1.807, 2.05) is 24.3 Å². The van der Waals surface area contributed by atoms with E-state index in [4.69, 9.17) is 15.6 Å². The van der Waals surface area contributed by atoms with E-state index < -0.39 is 12.0 Å². The van der Waals surface area contributed by atoms with Gasteiger partial charge in [-0.05, 0) is 37.1 Å². The van der Waals surface area contributed by atoms with Crippen molar-refractivity contribution in [2.75, 3.05) is 13.2 Å². The van der Waals surface area contributed by atoms with E-state index in [-0.39, 0.29) is 12.3 Å². The highest BCUT2D eigenvalue weighted by Gasteiger charge is 2.18. The Kier molecular flexibility index (Phi) is 8.75. The molecule has 0 aliphatic heterocycles. The first-order chi connectivity index (χ1) is 11.0. The van der Waals surface area contributed by atoms with Gasteiger partial charge in [-0.1, -0.05) is 25.0 Å². The average molecular weight is 322 g/mol. The van der Waals surface area contributed by atoms with Crippen LogP contribution in [0.15, 0.2) is 24.3 Å². The molecule has 0 radical (unpaired) electrons. The standard InChI is InChI=1S/C17H26N2O4/c1-13(20)19-16(17(21)22)12-14-6-8-15(9-7-14)23-11-5-3-2-4-10-18/h6-9,16H,2-5,10-12,18H2,1H3,(H,19,20)(H,21,22). The highest BCUT2D eigenvalue weighted by molar-refractivity contribution is 5.82. The zero-order chi connectivity index (χ0) is 17.1. The summed E-state index contributed by atoms with van der Waals surface area (Å²) in [6.07, 6.45) is 4.51. The van der Waals surface area contributed by atoms with Crippen molar-refractivity contribution in [2.24, 2.45) is 5.73 Å². The maximum absolute atomic E-state index is 11.1. The third-order valence-corrected chi connectivity index (χ3v) is 3.41. The molecule has 1 atom stereocenters. The minimum absolute atomic E-state index is 0.244. The molecule has 0 aliphatic carbocycles. The summed E-state index contributed by atoms with van der Waals surface area (Å²) in [7, 11) is 0. The van der Waals surface area contributed by atoms with Gasteiger partial charge < -0.3 is 20.9 Å². The summed E-state index contributed by atoms with van der Waals surface area (Å²) in [6.45, 7) is 2.70. The Balaban J connectivity index is 2.40.